The predicted octanol–water partition coefficient (Wildman–Crippen LogP) is 2.98. The van der Waals surface area contributed by atoms with E-state index in [-0.39, 0.29) is 12.2 Å². The molecule has 2 rings (SSSR count). The van der Waals surface area contributed by atoms with Crippen LogP contribution in [0, 0.1) is 5.92 Å². The highest BCUT2D eigenvalue weighted by molar-refractivity contribution is 6.29. The lowest BCUT2D eigenvalue weighted by Crippen LogP contribution is -2.29. The van der Waals surface area contributed by atoms with Crippen LogP contribution in [0.15, 0.2) is 18.2 Å². The molecule has 4 heteroatoms. The fraction of sp³-hybridized carbons (Fsp3) is 0.471. The minimum atomic E-state index is -1.28. The van der Waals surface area contributed by atoms with Gasteiger partial charge in [-0.05, 0) is 24.3 Å². The van der Waals surface area contributed by atoms with E-state index in [1.165, 1.54) is 0 Å². The van der Waals surface area contributed by atoms with Gasteiger partial charge in [0, 0.05) is 17.5 Å². The summed E-state index contributed by atoms with van der Waals surface area (Å²) in [7, 11) is 0. The number of ketones is 2. The molecule has 1 aromatic rings. The van der Waals surface area contributed by atoms with Gasteiger partial charge in [-0.3, -0.25) is 14.4 Å². The summed E-state index contributed by atoms with van der Waals surface area (Å²) in [5.41, 5.74) is 1.67. The van der Waals surface area contributed by atoms with E-state index < -0.39 is 17.9 Å². The minimum absolute atomic E-state index is 0.215. The predicted molar refractivity (Wildman–Crippen MR) is 78.4 cm³/mol. The number of rotatable bonds is 5. The van der Waals surface area contributed by atoms with Crippen LogP contribution in [0.4, 0.5) is 0 Å². The molecule has 1 unspecified atom stereocenters. The third-order valence-electron chi connectivity index (χ3n) is 3.47. The standard InChI is InChI=1S/C17H20O4/c1-4-6-13(18)21-17-15(19)12-8-5-7-11(9-10(2)3)14(12)16(17)20/h5,7-8,10,17H,4,6,9H2,1-3H3. The van der Waals surface area contributed by atoms with Gasteiger partial charge in [0.25, 0.3) is 0 Å². The first kappa shape index (κ1) is 15.4. The molecule has 1 aliphatic carbocycles. The maximum Gasteiger partial charge on any atom is 0.306 e. The van der Waals surface area contributed by atoms with Gasteiger partial charge >= 0.3 is 5.97 Å². The van der Waals surface area contributed by atoms with Crippen molar-refractivity contribution < 1.29 is 19.1 Å². The van der Waals surface area contributed by atoms with Crippen LogP contribution in [0.5, 0.6) is 0 Å². The molecule has 0 N–H and O–H groups in total. The van der Waals surface area contributed by atoms with E-state index >= 15 is 0 Å². The first-order chi connectivity index (χ1) is 9.95. The lowest BCUT2D eigenvalue weighted by Gasteiger charge is -2.10. The van der Waals surface area contributed by atoms with Gasteiger partial charge in [-0.2, -0.15) is 0 Å². The lowest BCUT2D eigenvalue weighted by molar-refractivity contribution is -0.145. The molecule has 21 heavy (non-hydrogen) atoms. The van der Waals surface area contributed by atoms with Gasteiger partial charge in [-0.1, -0.05) is 39.0 Å². The molecule has 112 valence electrons. The Morgan fingerprint density at radius 3 is 2.57 bits per heavy atom. The molecule has 0 aliphatic heterocycles. The number of ether oxygens (including phenoxy) is 1. The second-order valence-electron chi connectivity index (χ2n) is 5.79. The van der Waals surface area contributed by atoms with Crippen molar-refractivity contribution in [1.29, 1.82) is 0 Å². The Morgan fingerprint density at radius 2 is 1.95 bits per heavy atom. The highest BCUT2D eigenvalue weighted by Gasteiger charge is 2.42. The van der Waals surface area contributed by atoms with Crippen LogP contribution in [0.3, 0.4) is 0 Å². The molecule has 0 fully saturated rings. The Bertz CT molecular complexity index is 586. The molecule has 1 aliphatic rings. The lowest BCUT2D eigenvalue weighted by atomic mass is 9.95. The van der Waals surface area contributed by atoms with Crippen LogP contribution in [-0.2, 0) is 16.0 Å². The monoisotopic (exact) mass is 288 g/mol. The second-order valence-corrected chi connectivity index (χ2v) is 5.79. The van der Waals surface area contributed by atoms with Crippen LogP contribution in [0.1, 0.15) is 59.9 Å². The Hall–Kier alpha value is -1.97. The zero-order valence-corrected chi connectivity index (χ0v) is 12.6. The molecule has 1 aromatic carbocycles. The molecule has 4 nitrogen and oxygen atoms in total. The first-order valence-corrected chi connectivity index (χ1v) is 7.35. The summed E-state index contributed by atoms with van der Waals surface area (Å²) >= 11 is 0. The Kier molecular flexibility index (Phi) is 4.56. The number of esters is 1. The second kappa shape index (κ2) is 6.20. The summed E-state index contributed by atoms with van der Waals surface area (Å²) in [6, 6.07) is 5.27. The summed E-state index contributed by atoms with van der Waals surface area (Å²) in [6.45, 7) is 5.95. The van der Waals surface area contributed by atoms with Gasteiger partial charge in [0.2, 0.25) is 17.7 Å². The van der Waals surface area contributed by atoms with Crippen molar-refractivity contribution in [2.45, 2.75) is 46.1 Å². The number of carbonyl (C=O) groups excluding carboxylic acids is 3. The van der Waals surface area contributed by atoms with Crippen LogP contribution >= 0.6 is 0 Å². The SMILES string of the molecule is CCCC(=O)OC1C(=O)c2cccc(CC(C)C)c2C1=O. The summed E-state index contributed by atoms with van der Waals surface area (Å²) in [4.78, 5) is 36.3. The first-order valence-electron chi connectivity index (χ1n) is 7.35. The van der Waals surface area contributed by atoms with Gasteiger partial charge in [0.1, 0.15) is 0 Å². The highest BCUT2D eigenvalue weighted by Crippen LogP contribution is 2.29. The summed E-state index contributed by atoms with van der Waals surface area (Å²) in [5.74, 6) is -0.899. The number of fused-ring (bicyclic) bond motifs is 1. The van der Waals surface area contributed by atoms with E-state index in [0.717, 1.165) is 12.0 Å². The van der Waals surface area contributed by atoms with E-state index in [4.69, 9.17) is 4.74 Å². The summed E-state index contributed by atoms with van der Waals surface area (Å²) < 4.78 is 5.08. The number of benzene rings is 1. The van der Waals surface area contributed by atoms with Crippen LogP contribution in [0.2, 0.25) is 0 Å². The van der Waals surface area contributed by atoms with Crippen molar-refractivity contribution in [1.82, 2.24) is 0 Å². The number of hydrogen-bond acceptors (Lipinski definition) is 4. The molecule has 0 bridgehead atoms. The minimum Gasteiger partial charge on any atom is -0.445 e. The molecule has 0 heterocycles. The number of carbonyl (C=O) groups is 3. The summed E-state index contributed by atoms with van der Waals surface area (Å²) in [5, 5.41) is 0. The van der Waals surface area contributed by atoms with Crippen molar-refractivity contribution in [3.05, 3.63) is 34.9 Å². The fourth-order valence-corrected chi connectivity index (χ4v) is 2.60. The van der Waals surface area contributed by atoms with Crippen molar-refractivity contribution in [3.63, 3.8) is 0 Å². The normalized spacial score (nSPS) is 17.2. The van der Waals surface area contributed by atoms with Crippen molar-refractivity contribution in [2.24, 2.45) is 5.92 Å². The summed E-state index contributed by atoms with van der Waals surface area (Å²) in [6.07, 6.45) is 0.274. The highest BCUT2D eigenvalue weighted by atomic mass is 16.5. The third-order valence-corrected chi connectivity index (χ3v) is 3.47. The van der Waals surface area contributed by atoms with E-state index in [1.54, 1.807) is 12.1 Å². The van der Waals surface area contributed by atoms with E-state index in [9.17, 15) is 14.4 Å². The Morgan fingerprint density at radius 1 is 1.24 bits per heavy atom. The Balaban J connectivity index is 2.31. The van der Waals surface area contributed by atoms with Crippen molar-refractivity contribution >= 4 is 17.5 Å². The molecule has 0 radical (unpaired) electrons. The average Bonchev–Trinajstić information content (AvgIpc) is 2.65. The van der Waals surface area contributed by atoms with E-state index in [1.807, 2.05) is 13.0 Å². The van der Waals surface area contributed by atoms with Crippen molar-refractivity contribution in [3.8, 4) is 0 Å². The van der Waals surface area contributed by atoms with Crippen LogP contribution in [-0.4, -0.2) is 23.6 Å². The molecule has 0 saturated carbocycles. The number of Topliss-reactive ketones (excluding diaryl/α,β-unsaturated/α-hetero) is 2. The van der Waals surface area contributed by atoms with E-state index in [0.29, 0.717) is 23.5 Å². The van der Waals surface area contributed by atoms with Crippen LogP contribution in [0.25, 0.3) is 0 Å². The molecule has 0 aromatic heterocycles. The van der Waals surface area contributed by atoms with Gasteiger partial charge in [0.15, 0.2) is 0 Å². The van der Waals surface area contributed by atoms with Gasteiger partial charge in [0.05, 0.1) is 0 Å². The maximum atomic E-state index is 12.5. The topological polar surface area (TPSA) is 60.4 Å². The molecule has 1 atom stereocenters. The Labute approximate surface area is 124 Å². The average molecular weight is 288 g/mol. The van der Waals surface area contributed by atoms with E-state index in [2.05, 4.69) is 13.8 Å². The van der Waals surface area contributed by atoms with Gasteiger partial charge in [-0.25, -0.2) is 0 Å². The van der Waals surface area contributed by atoms with Crippen LogP contribution < -0.4 is 0 Å². The quantitative estimate of drug-likeness (QED) is 0.617. The van der Waals surface area contributed by atoms with Gasteiger partial charge in [-0.15, -0.1) is 0 Å². The molecular weight excluding hydrogens is 268 g/mol. The molecule has 0 saturated heterocycles. The van der Waals surface area contributed by atoms with Gasteiger partial charge < -0.3 is 4.74 Å². The molecule has 0 spiro atoms. The molecule has 0 amide bonds. The third kappa shape index (κ3) is 3.04. The van der Waals surface area contributed by atoms with Crippen molar-refractivity contribution in [2.75, 3.05) is 0 Å². The molecular formula is C17H20O4. The maximum absolute atomic E-state index is 12.5. The number of hydrogen-bond donors (Lipinski definition) is 0. The smallest absolute Gasteiger partial charge is 0.306 e. The zero-order valence-electron chi connectivity index (χ0n) is 12.6. The largest absolute Gasteiger partial charge is 0.445 e. The fourth-order valence-electron chi connectivity index (χ4n) is 2.60. The zero-order chi connectivity index (χ0) is 15.6.